The SMILES string of the molecule is CC/C=C1\SCCSC1(CC)CC. The molecule has 0 aromatic carbocycles. The number of thioether (sulfide) groups is 2. The maximum Gasteiger partial charge on any atom is 0.0459 e. The van der Waals surface area contributed by atoms with Crippen LogP contribution in [0.25, 0.3) is 0 Å². The Bertz CT molecular complexity index is 181. The lowest BCUT2D eigenvalue weighted by molar-refractivity contribution is 0.647. The van der Waals surface area contributed by atoms with Crippen molar-refractivity contribution in [2.24, 2.45) is 0 Å². The standard InChI is InChI=1S/C11H20S2/c1-4-7-10-11(5-2,6-3)13-9-8-12-10/h7H,4-6,8-9H2,1-3H3/b10-7-. The third-order valence-electron chi connectivity index (χ3n) is 2.70. The molecule has 2 heteroatoms. The Morgan fingerprint density at radius 3 is 2.46 bits per heavy atom. The van der Waals surface area contributed by atoms with E-state index in [4.69, 9.17) is 0 Å². The van der Waals surface area contributed by atoms with E-state index in [1.54, 1.807) is 4.91 Å². The molecule has 1 aliphatic heterocycles. The van der Waals surface area contributed by atoms with Crippen molar-refractivity contribution in [1.29, 1.82) is 0 Å². The number of rotatable bonds is 3. The van der Waals surface area contributed by atoms with Gasteiger partial charge in [0.05, 0.1) is 0 Å². The molecule has 0 saturated carbocycles. The molecule has 0 bridgehead atoms. The van der Waals surface area contributed by atoms with Gasteiger partial charge in [0, 0.05) is 16.3 Å². The highest BCUT2D eigenvalue weighted by Crippen LogP contribution is 2.48. The molecule has 0 unspecified atom stereocenters. The lowest BCUT2D eigenvalue weighted by Gasteiger charge is -2.37. The zero-order chi connectivity index (χ0) is 9.73. The zero-order valence-electron chi connectivity index (χ0n) is 8.93. The molecule has 1 rings (SSSR count). The second kappa shape index (κ2) is 5.35. The van der Waals surface area contributed by atoms with Crippen molar-refractivity contribution in [3.8, 4) is 0 Å². The quantitative estimate of drug-likeness (QED) is 0.689. The monoisotopic (exact) mass is 216 g/mol. The Hall–Kier alpha value is 0.440. The van der Waals surface area contributed by atoms with E-state index in [2.05, 4.69) is 50.4 Å². The van der Waals surface area contributed by atoms with Gasteiger partial charge >= 0.3 is 0 Å². The molecule has 0 N–H and O–H groups in total. The molecule has 1 heterocycles. The zero-order valence-corrected chi connectivity index (χ0v) is 10.6. The Kier molecular flexibility index (Phi) is 4.74. The van der Waals surface area contributed by atoms with E-state index >= 15 is 0 Å². The molecule has 76 valence electrons. The van der Waals surface area contributed by atoms with E-state index in [0.717, 1.165) is 0 Å². The van der Waals surface area contributed by atoms with E-state index in [1.165, 1.54) is 30.8 Å². The van der Waals surface area contributed by atoms with Crippen molar-refractivity contribution in [2.45, 2.75) is 44.8 Å². The van der Waals surface area contributed by atoms with E-state index in [0.29, 0.717) is 4.75 Å². The van der Waals surface area contributed by atoms with Gasteiger partial charge in [-0.15, -0.1) is 23.5 Å². The highest BCUT2D eigenvalue weighted by Gasteiger charge is 2.33. The normalized spacial score (nSPS) is 25.0. The van der Waals surface area contributed by atoms with Crippen LogP contribution in [0.3, 0.4) is 0 Å². The molecule has 1 fully saturated rings. The van der Waals surface area contributed by atoms with E-state index in [9.17, 15) is 0 Å². The summed E-state index contributed by atoms with van der Waals surface area (Å²) in [5.74, 6) is 2.63. The fourth-order valence-electron chi connectivity index (χ4n) is 1.82. The summed E-state index contributed by atoms with van der Waals surface area (Å²) in [7, 11) is 0. The van der Waals surface area contributed by atoms with Crippen molar-refractivity contribution in [3.63, 3.8) is 0 Å². The summed E-state index contributed by atoms with van der Waals surface area (Å²) in [6.07, 6.45) is 6.19. The fraction of sp³-hybridized carbons (Fsp3) is 0.818. The second-order valence-corrected chi connectivity index (χ2v) is 5.99. The van der Waals surface area contributed by atoms with Gasteiger partial charge in [-0.1, -0.05) is 26.8 Å². The molecular formula is C11H20S2. The van der Waals surface area contributed by atoms with Crippen molar-refractivity contribution in [1.82, 2.24) is 0 Å². The highest BCUT2D eigenvalue weighted by molar-refractivity contribution is 8.09. The smallest absolute Gasteiger partial charge is 0.0459 e. The van der Waals surface area contributed by atoms with Crippen molar-refractivity contribution in [3.05, 3.63) is 11.0 Å². The summed E-state index contributed by atoms with van der Waals surface area (Å²) < 4.78 is 0.471. The lowest BCUT2D eigenvalue weighted by atomic mass is 10.0. The molecule has 0 aliphatic carbocycles. The van der Waals surface area contributed by atoms with Gasteiger partial charge in [0.1, 0.15) is 0 Å². The van der Waals surface area contributed by atoms with Crippen LogP contribution in [-0.4, -0.2) is 16.3 Å². The predicted molar refractivity (Wildman–Crippen MR) is 66.6 cm³/mol. The Morgan fingerprint density at radius 2 is 1.92 bits per heavy atom. The van der Waals surface area contributed by atoms with E-state index in [-0.39, 0.29) is 0 Å². The first-order chi connectivity index (χ1) is 6.29. The van der Waals surface area contributed by atoms with Crippen LogP contribution in [-0.2, 0) is 0 Å². The third-order valence-corrected chi connectivity index (χ3v) is 6.12. The molecule has 1 aliphatic rings. The molecule has 0 aromatic heterocycles. The van der Waals surface area contributed by atoms with Gasteiger partial charge in [0.25, 0.3) is 0 Å². The summed E-state index contributed by atoms with van der Waals surface area (Å²) >= 11 is 4.25. The minimum atomic E-state index is 0.471. The molecule has 0 atom stereocenters. The third kappa shape index (κ3) is 2.47. The van der Waals surface area contributed by atoms with Crippen LogP contribution < -0.4 is 0 Å². The van der Waals surface area contributed by atoms with Gasteiger partial charge in [0.2, 0.25) is 0 Å². The number of hydrogen-bond donors (Lipinski definition) is 0. The summed E-state index contributed by atoms with van der Waals surface area (Å²) in [6, 6.07) is 0. The maximum atomic E-state index is 2.43. The average Bonchev–Trinajstić information content (AvgIpc) is 2.20. The van der Waals surface area contributed by atoms with Crippen molar-refractivity contribution < 1.29 is 0 Å². The molecule has 0 nitrogen and oxygen atoms in total. The first-order valence-electron chi connectivity index (χ1n) is 5.26. The van der Waals surface area contributed by atoms with E-state index in [1.807, 2.05) is 0 Å². The maximum absolute atomic E-state index is 2.43. The van der Waals surface area contributed by atoms with Crippen LogP contribution in [0.2, 0.25) is 0 Å². The molecule has 0 aromatic rings. The van der Waals surface area contributed by atoms with Crippen LogP contribution in [0.15, 0.2) is 11.0 Å². The van der Waals surface area contributed by atoms with Gasteiger partial charge in [-0.3, -0.25) is 0 Å². The number of allylic oxidation sites excluding steroid dienone is 1. The molecule has 13 heavy (non-hydrogen) atoms. The summed E-state index contributed by atoms with van der Waals surface area (Å²) in [5, 5.41) is 0. The Labute approximate surface area is 90.9 Å². The van der Waals surface area contributed by atoms with Gasteiger partial charge in [-0.05, 0) is 24.2 Å². The minimum absolute atomic E-state index is 0.471. The summed E-state index contributed by atoms with van der Waals surface area (Å²) in [5.41, 5.74) is 0. The average molecular weight is 216 g/mol. The molecule has 0 amide bonds. The molecule has 1 saturated heterocycles. The van der Waals surface area contributed by atoms with Gasteiger partial charge in [-0.2, -0.15) is 0 Å². The second-order valence-electron chi connectivity index (χ2n) is 3.37. The first kappa shape index (κ1) is 11.5. The lowest BCUT2D eigenvalue weighted by Crippen LogP contribution is -2.28. The topological polar surface area (TPSA) is 0 Å². The minimum Gasteiger partial charge on any atom is -0.149 e. The first-order valence-corrected chi connectivity index (χ1v) is 7.23. The van der Waals surface area contributed by atoms with Crippen molar-refractivity contribution >= 4 is 23.5 Å². The predicted octanol–water partition coefficient (Wildman–Crippen LogP) is 4.32. The van der Waals surface area contributed by atoms with Crippen LogP contribution >= 0.6 is 23.5 Å². The molecule has 0 spiro atoms. The van der Waals surface area contributed by atoms with Gasteiger partial charge in [-0.25, -0.2) is 0 Å². The Morgan fingerprint density at radius 1 is 1.23 bits per heavy atom. The largest absolute Gasteiger partial charge is 0.149 e. The molecular weight excluding hydrogens is 196 g/mol. The highest BCUT2D eigenvalue weighted by atomic mass is 32.2. The van der Waals surface area contributed by atoms with Crippen molar-refractivity contribution in [2.75, 3.05) is 11.5 Å². The van der Waals surface area contributed by atoms with Crippen LogP contribution in [0.1, 0.15) is 40.0 Å². The fourth-order valence-corrected chi connectivity index (χ4v) is 4.93. The Balaban J connectivity index is 2.81. The summed E-state index contributed by atoms with van der Waals surface area (Å²) in [6.45, 7) is 6.89. The van der Waals surface area contributed by atoms with Gasteiger partial charge < -0.3 is 0 Å². The van der Waals surface area contributed by atoms with Gasteiger partial charge in [0.15, 0.2) is 0 Å². The van der Waals surface area contributed by atoms with Crippen LogP contribution in [0.4, 0.5) is 0 Å². The summed E-state index contributed by atoms with van der Waals surface area (Å²) in [4.78, 5) is 1.65. The number of hydrogen-bond acceptors (Lipinski definition) is 2. The van der Waals surface area contributed by atoms with E-state index < -0.39 is 0 Å². The molecule has 0 radical (unpaired) electrons. The van der Waals surface area contributed by atoms with Crippen LogP contribution in [0, 0.1) is 0 Å². The van der Waals surface area contributed by atoms with Crippen LogP contribution in [0.5, 0.6) is 0 Å².